The molecule has 0 radical (unpaired) electrons. The molecule has 3 unspecified atom stereocenters. The lowest BCUT2D eigenvalue weighted by molar-refractivity contribution is -0.166. The Balaban J connectivity index is 1.06. The van der Waals surface area contributed by atoms with Crippen molar-refractivity contribution in [1.29, 1.82) is 0 Å². The number of carbonyl (C=O) groups excluding carboxylic acids is 2. The SMILES string of the molecule is O=C(NCC1CCC(C(=O)NOC(C(=O)O)C2CC2)O1)OCC1c2ccccc2-c2ccccc21. The van der Waals surface area contributed by atoms with E-state index in [0.29, 0.717) is 12.8 Å². The first-order chi connectivity index (χ1) is 17.0. The summed E-state index contributed by atoms with van der Waals surface area (Å²) in [6, 6.07) is 16.3. The van der Waals surface area contributed by atoms with Gasteiger partial charge in [0.05, 0.1) is 6.10 Å². The lowest BCUT2D eigenvalue weighted by Crippen LogP contribution is -2.41. The monoisotopic (exact) mass is 480 g/mol. The highest BCUT2D eigenvalue weighted by molar-refractivity contribution is 5.81. The highest BCUT2D eigenvalue weighted by Crippen LogP contribution is 2.44. The van der Waals surface area contributed by atoms with E-state index < -0.39 is 30.2 Å². The third kappa shape index (κ3) is 5.16. The molecule has 9 heteroatoms. The maximum atomic E-state index is 12.4. The Kier molecular flexibility index (Phi) is 6.70. The molecule has 1 heterocycles. The van der Waals surface area contributed by atoms with Crippen molar-refractivity contribution in [3.8, 4) is 11.1 Å². The molecular weight excluding hydrogens is 452 g/mol. The number of rotatable bonds is 9. The second kappa shape index (κ2) is 10.1. The van der Waals surface area contributed by atoms with Crippen molar-refractivity contribution in [1.82, 2.24) is 10.8 Å². The lowest BCUT2D eigenvalue weighted by Gasteiger charge is -2.17. The topological polar surface area (TPSA) is 123 Å². The van der Waals surface area contributed by atoms with E-state index in [4.69, 9.17) is 14.3 Å². The van der Waals surface area contributed by atoms with E-state index in [1.807, 2.05) is 24.3 Å². The summed E-state index contributed by atoms with van der Waals surface area (Å²) < 4.78 is 11.2. The molecule has 35 heavy (non-hydrogen) atoms. The molecule has 1 aliphatic heterocycles. The van der Waals surface area contributed by atoms with Gasteiger partial charge in [-0.05, 0) is 53.9 Å². The number of carboxylic acids is 1. The van der Waals surface area contributed by atoms with E-state index in [1.54, 1.807) is 0 Å². The first-order valence-electron chi connectivity index (χ1n) is 11.9. The Bertz CT molecular complexity index is 1070. The van der Waals surface area contributed by atoms with Crippen molar-refractivity contribution in [2.24, 2.45) is 5.92 Å². The van der Waals surface area contributed by atoms with Crippen LogP contribution in [0.2, 0.25) is 0 Å². The van der Waals surface area contributed by atoms with E-state index in [2.05, 4.69) is 35.1 Å². The fourth-order valence-electron chi connectivity index (χ4n) is 4.83. The largest absolute Gasteiger partial charge is 0.479 e. The number of ether oxygens (including phenoxy) is 2. The molecule has 2 aliphatic carbocycles. The van der Waals surface area contributed by atoms with Gasteiger partial charge in [-0.2, -0.15) is 0 Å². The van der Waals surface area contributed by atoms with Crippen LogP contribution in [-0.2, 0) is 23.9 Å². The quantitative estimate of drug-likeness (QED) is 0.472. The van der Waals surface area contributed by atoms with Gasteiger partial charge in [0, 0.05) is 12.5 Å². The summed E-state index contributed by atoms with van der Waals surface area (Å²) in [5, 5.41) is 11.9. The average Bonchev–Trinajstić information content (AvgIpc) is 3.49. The molecule has 2 aromatic carbocycles. The van der Waals surface area contributed by atoms with Gasteiger partial charge in [-0.25, -0.2) is 15.1 Å². The predicted molar refractivity (Wildman–Crippen MR) is 124 cm³/mol. The van der Waals surface area contributed by atoms with Crippen molar-refractivity contribution in [2.75, 3.05) is 13.2 Å². The van der Waals surface area contributed by atoms with Gasteiger partial charge in [0.15, 0.2) is 6.10 Å². The first kappa shape index (κ1) is 23.3. The summed E-state index contributed by atoms with van der Waals surface area (Å²) in [7, 11) is 0. The summed E-state index contributed by atoms with van der Waals surface area (Å²) in [6.07, 6.45) is -0.0953. The van der Waals surface area contributed by atoms with Crippen molar-refractivity contribution in [3.05, 3.63) is 59.7 Å². The molecule has 0 spiro atoms. The molecule has 2 aromatic rings. The zero-order valence-corrected chi connectivity index (χ0v) is 19.1. The molecule has 3 N–H and O–H groups in total. The molecular formula is C26H28N2O7. The van der Waals surface area contributed by atoms with Gasteiger partial charge in [-0.15, -0.1) is 0 Å². The van der Waals surface area contributed by atoms with Crippen LogP contribution in [0, 0.1) is 5.92 Å². The van der Waals surface area contributed by atoms with Crippen LogP contribution in [0.15, 0.2) is 48.5 Å². The van der Waals surface area contributed by atoms with Crippen LogP contribution in [0.3, 0.4) is 0 Å². The Morgan fingerprint density at radius 3 is 2.26 bits per heavy atom. The van der Waals surface area contributed by atoms with E-state index in [1.165, 1.54) is 0 Å². The summed E-state index contributed by atoms with van der Waals surface area (Å²) >= 11 is 0. The molecule has 0 bridgehead atoms. The zero-order chi connectivity index (χ0) is 24.4. The lowest BCUT2D eigenvalue weighted by atomic mass is 9.98. The van der Waals surface area contributed by atoms with Gasteiger partial charge in [0.2, 0.25) is 0 Å². The Morgan fingerprint density at radius 2 is 1.63 bits per heavy atom. The van der Waals surface area contributed by atoms with Crippen molar-refractivity contribution >= 4 is 18.0 Å². The summed E-state index contributed by atoms with van der Waals surface area (Å²) in [6.45, 7) is 0.431. The number of carboxylic acid groups (broad SMARTS) is 1. The van der Waals surface area contributed by atoms with E-state index in [0.717, 1.165) is 35.1 Å². The molecule has 2 fully saturated rings. The number of nitrogens with one attached hydrogen (secondary N) is 2. The van der Waals surface area contributed by atoms with Crippen molar-refractivity contribution in [3.63, 3.8) is 0 Å². The molecule has 0 aromatic heterocycles. The molecule has 2 amide bonds. The number of fused-ring (bicyclic) bond motifs is 3. The highest BCUT2D eigenvalue weighted by atomic mass is 16.7. The van der Waals surface area contributed by atoms with Gasteiger partial charge < -0.3 is 19.9 Å². The fraction of sp³-hybridized carbons (Fsp3) is 0.423. The van der Waals surface area contributed by atoms with Crippen LogP contribution < -0.4 is 10.8 Å². The smallest absolute Gasteiger partial charge is 0.407 e. The third-order valence-electron chi connectivity index (χ3n) is 6.80. The number of hydroxylamine groups is 1. The third-order valence-corrected chi connectivity index (χ3v) is 6.80. The summed E-state index contributed by atoms with van der Waals surface area (Å²) in [5.41, 5.74) is 6.84. The number of amides is 2. The fourth-order valence-corrected chi connectivity index (χ4v) is 4.83. The normalized spacial score (nSPS) is 21.6. The second-order valence-electron chi connectivity index (χ2n) is 9.21. The van der Waals surface area contributed by atoms with Crippen LogP contribution in [0.25, 0.3) is 11.1 Å². The number of hydrogen-bond acceptors (Lipinski definition) is 6. The molecule has 3 atom stereocenters. The number of hydrogen-bond donors (Lipinski definition) is 3. The Labute approximate surface area is 202 Å². The average molecular weight is 481 g/mol. The van der Waals surface area contributed by atoms with Gasteiger partial charge >= 0.3 is 12.1 Å². The molecule has 1 saturated carbocycles. The molecule has 3 aliphatic rings. The maximum absolute atomic E-state index is 12.4. The van der Waals surface area contributed by atoms with Gasteiger partial charge in [0.25, 0.3) is 5.91 Å². The van der Waals surface area contributed by atoms with Crippen LogP contribution >= 0.6 is 0 Å². The number of benzene rings is 2. The van der Waals surface area contributed by atoms with E-state index in [-0.39, 0.29) is 31.1 Å². The minimum absolute atomic E-state index is 0.0192. The molecule has 1 saturated heterocycles. The maximum Gasteiger partial charge on any atom is 0.407 e. The van der Waals surface area contributed by atoms with Crippen LogP contribution in [0.5, 0.6) is 0 Å². The minimum Gasteiger partial charge on any atom is -0.479 e. The Hall–Kier alpha value is -3.43. The molecule has 9 nitrogen and oxygen atoms in total. The Morgan fingerprint density at radius 1 is 0.971 bits per heavy atom. The van der Waals surface area contributed by atoms with Crippen molar-refractivity contribution < 1.29 is 33.8 Å². The summed E-state index contributed by atoms with van der Waals surface area (Å²) in [4.78, 5) is 41.0. The van der Waals surface area contributed by atoms with Gasteiger partial charge in [0.1, 0.15) is 12.7 Å². The summed E-state index contributed by atoms with van der Waals surface area (Å²) in [5.74, 6) is -1.69. The second-order valence-corrected chi connectivity index (χ2v) is 9.21. The van der Waals surface area contributed by atoms with E-state index >= 15 is 0 Å². The predicted octanol–water partition coefficient (Wildman–Crippen LogP) is 2.98. The number of alkyl carbamates (subject to hydrolysis) is 1. The number of carbonyl (C=O) groups is 3. The highest BCUT2D eigenvalue weighted by Gasteiger charge is 2.39. The first-order valence-corrected chi connectivity index (χ1v) is 11.9. The van der Waals surface area contributed by atoms with E-state index in [9.17, 15) is 19.5 Å². The van der Waals surface area contributed by atoms with Crippen LogP contribution in [-0.4, -0.2) is 54.5 Å². The zero-order valence-electron chi connectivity index (χ0n) is 19.1. The van der Waals surface area contributed by atoms with Gasteiger partial charge in [-0.1, -0.05) is 48.5 Å². The van der Waals surface area contributed by atoms with Crippen LogP contribution in [0.4, 0.5) is 4.79 Å². The minimum atomic E-state index is -1.09. The molecule has 5 rings (SSSR count). The number of aliphatic carboxylic acids is 1. The molecule has 184 valence electrons. The van der Waals surface area contributed by atoms with Crippen LogP contribution in [0.1, 0.15) is 42.7 Å². The standard InChI is InChI=1S/C26H28N2O7/c29-24(28-35-23(25(30)31)15-9-10-15)22-12-11-16(34-22)13-27-26(32)33-14-21-19-7-3-1-5-17(19)18-6-2-4-8-20(18)21/h1-8,15-16,21-23H,9-14H2,(H,27,32)(H,28,29)(H,30,31). The van der Waals surface area contributed by atoms with Crippen molar-refractivity contribution in [2.45, 2.75) is 49.9 Å². The van der Waals surface area contributed by atoms with Gasteiger partial charge in [-0.3, -0.25) is 9.63 Å².